The zero-order valence-electron chi connectivity index (χ0n) is 16.1. The van der Waals surface area contributed by atoms with Gasteiger partial charge >= 0.3 is 0 Å². The van der Waals surface area contributed by atoms with Crippen LogP contribution in [0.3, 0.4) is 0 Å². The van der Waals surface area contributed by atoms with Crippen LogP contribution in [0.25, 0.3) is 11.3 Å². The summed E-state index contributed by atoms with van der Waals surface area (Å²) in [7, 11) is 0. The third-order valence-corrected chi connectivity index (χ3v) is 4.96. The lowest BCUT2D eigenvalue weighted by molar-refractivity contribution is 0.122. The fourth-order valence-corrected chi connectivity index (χ4v) is 3.35. The zero-order chi connectivity index (χ0) is 20.9. The van der Waals surface area contributed by atoms with Gasteiger partial charge in [0.1, 0.15) is 5.82 Å². The number of nitrogens with one attached hydrogen (secondary N) is 1. The molecule has 1 N–H and O–H groups in total. The molecule has 1 aromatic carbocycles. The molecule has 154 valence electrons. The van der Waals surface area contributed by atoms with Crippen molar-refractivity contribution in [3.63, 3.8) is 0 Å². The van der Waals surface area contributed by atoms with Crippen molar-refractivity contribution in [3.05, 3.63) is 47.6 Å². The van der Waals surface area contributed by atoms with Crippen LogP contribution >= 0.6 is 11.6 Å². The highest BCUT2D eigenvalue weighted by molar-refractivity contribution is 6.32. The van der Waals surface area contributed by atoms with Gasteiger partial charge in [0.25, 0.3) is 0 Å². The Morgan fingerprint density at radius 3 is 2.87 bits per heavy atom. The SMILES string of the molecule is N#CCCn1cc(-c2nc(Nc3ccc(N4CCOCC4)cc3F)ncc2Cl)cn1. The van der Waals surface area contributed by atoms with Crippen LogP contribution in [0.5, 0.6) is 0 Å². The average molecular weight is 428 g/mol. The van der Waals surface area contributed by atoms with Crippen molar-refractivity contribution in [3.8, 4) is 17.3 Å². The second kappa shape index (κ2) is 9.07. The second-order valence-corrected chi connectivity index (χ2v) is 7.09. The Bertz CT molecular complexity index is 1080. The molecular formula is C20H19ClFN7O. The summed E-state index contributed by atoms with van der Waals surface area (Å²) in [6.07, 6.45) is 5.18. The van der Waals surface area contributed by atoms with E-state index in [1.54, 1.807) is 23.1 Å². The minimum Gasteiger partial charge on any atom is -0.378 e. The molecule has 0 atom stereocenters. The Labute approximate surface area is 177 Å². The van der Waals surface area contributed by atoms with Gasteiger partial charge in [-0.05, 0) is 18.2 Å². The molecule has 0 bridgehead atoms. The summed E-state index contributed by atoms with van der Waals surface area (Å²) in [5.41, 5.74) is 2.24. The first-order valence-corrected chi connectivity index (χ1v) is 9.83. The van der Waals surface area contributed by atoms with Crippen LogP contribution in [0.2, 0.25) is 5.02 Å². The third-order valence-electron chi connectivity index (χ3n) is 4.68. The number of anilines is 3. The van der Waals surface area contributed by atoms with Gasteiger partial charge in [0.15, 0.2) is 0 Å². The van der Waals surface area contributed by atoms with E-state index in [9.17, 15) is 4.39 Å². The molecule has 10 heteroatoms. The number of morpholine rings is 1. The normalized spacial score (nSPS) is 13.8. The van der Waals surface area contributed by atoms with Crippen molar-refractivity contribution < 1.29 is 9.13 Å². The number of nitrogens with zero attached hydrogens (tertiary/aromatic N) is 6. The molecule has 3 heterocycles. The first kappa shape index (κ1) is 20.1. The molecule has 0 radical (unpaired) electrons. The molecule has 0 saturated carbocycles. The smallest absolute Gasteiger partial charge is 0.227 e. The van der Waals surface area contributed by atoms with Crippen molar-refractivity contribution in [2.75, 3.05) is 36.5 Å². The maximum absolute atomic E-state index is 14.7. The number of nitriles is 1. The fraction of sp³-hybridized carbons (Fsp3) is 0.300. The van der Waals surface area contributed by atoms with Crippen LogP contribution in [0.4, 0.5) is 21.7 Å². The van der Waals surface area contributed by atoms with Gasteiger partial charge in [-0.2, -0.15) is 10.4 Å². The number of ether oxygens (including phenoxy) is 1. The third kappa shape index (κ3) is 4.50. The second-order valence-electron chi connectivity index (χ2n) is 6.68. The van der Waals surface area contributed by atoms with E-state index in [0.717, 1.165) is 18.8 Å². The number of hydrogen-bond donors (Lipinski definition) is 1. The van der Waals surface area contributed by atoms with Crippen LogP contribution in [0, 0.1) is 17.1 Å². The molecule has 2 aromatic heterocycles. The molecule has 1 aliphatic heterocycles. The summed E-state index contributed by atoms with van der Waals surface area (Å²) in [6.45, 7) is 3.22. The van der Waals surface area contributed by atoms with Gasteiger partial charge < -0.3 is 15.0 Å². The van der Waals surface area contributed by atoms with Gasteiger partial charge in [-0.3, -0.25) is 4.68 Å². The van der Waals surface area contributed by atoms with Crippen molar-refractivity contribution in [1.29, 1.82) is 5.26 Å². The highest BCUT2D eigenvalue weighted by Gasteiger charge is 2.15. The minimum atomic E-state index is -0.400. The number of aryl methyl sites for hydroxylation is 1. The number of halogens is 2. The Morgan fingerprint density at radius 2 is 2.10 bits per heavy atom. The molecule has 0 unspecified atom stereocenters. The number of rotatable bonds is 6. The van der Waals surface area contributed by atoms with Crippen molar-refractivity contribution in [2.45, 2.75) is 13.0 Å². The topological polar surface area (TPSA) is 91.9 Å². The van der Waals surface area contributed by atoms with Crippen LogP contribution in [-0.4, -0.2) is 46.1 Å². The molecule has 0 aliphatic carbocycles. The standard InChI is InChI=1S/C20H19ClFN7O/c21-16-12-24-20(27-19(16)14-11-25-29(13-14)5-1-4-23)26-18-3-2-15(10-17(18)22)28-6-8-30-9-7-28/h2-3,10-13H,1,5-9H2,(H,24,26,27). The quantitative estimate of drug-likeness (QED) is 0.642. The Balaban J connectivity index is 1.53. The van der Waals surface area contributed by atoms with Crippen LogP contribution < -0.4 is 10.2 Å². The van der Waals surface area contributed by atoms with Crippen LogP contribution in [0.1, 0.15) is 6.42 Å². The summed E-state index contributed by atoms with van der Waals surface area (Å²) >= 11 is 6.25. The van der Waals surface area contributed by atoms with Crippen molar-refractivity contribution in [2.24, 2.45) is 0 Å². The largest absolute Gasteiger partial charge is 0.378 e. The first-order valence-electron chi connectivity index (χ1n) is 9.45. The molecule has 8 nitrogen and oxygen atoms in total. The Kier molecular flexibility index (Phi) is 6.07. The van der Waals surface area contributed by atoms with Crippen molar-refractivity contribution >= 4 is 28.9 Å². The lowest BCUT2D eigenvalue weighted by Crippen LogP contribution is -2.36. The lowest BCUT2D eigenvalue weighted by atomic mass is 10.2. The van der Waals surface area contributed by atoms with Crippen LogP contribution in [0.15, 0.2) is 36.8 Å². The van der Waals surface area contributed by atoms with E-state index in [1.165, 1.54) is 12.3 Å². The van der Waals surface area contributed by atoms with Gasteiger partial charge in [0, 0.05) is 30.5 Å². The molecule has 1 aliphatic rings. The van der Waals surface area contributed by atoms with E-state index in [-0.39, 0.29) is 11.6 Å². The summed E-state index contributed by atoms with van der Waals surface area (Å²) in [4.78, 5) is 10.7. The molecule has 1 saturated heterocycles. The van der Waals surface area contributed by atoms with Gasteiger partial charge in [-0.1, -0.05) is 11.6 Å². The van der Waals surface area contributed by atoms with Gasteiger partial charge in [0.05, 0.1) is 61.0 Å². The average Bonchev–Trinajstić information content (AvgIpc) is 3.24. The van der Waals surface area contributed by atoms with Gasteiger partial charge in [-0.25, -0.2) is 14.4 Å². The van der Waals surface area contributed by atoms with Gasteiger partial charge in [-0.15, -0.1) is 0 Å². The van der Waals surface area contributed by atoms with E-state index in [1.807, 2.05) is 6.07 Å². The van der Waals surface area contributed by atoms with E-state index in [2.05, 4.69) is 31.4 Å². The highest BCUT2D eigenvalue weighted by atomic mass is 35.5. The van der Waals surface area contributed by atoms with Crippen LogP contribution in [-0.2, 0) is 11.3 Å². The number of hydrogen-bond acceptors (Lipinski definition) is 7. The monoisotopic (exact) mass is 427 g/mol. The lowest BCUT2D eigenvalue weighted by Gasteiger charge is -2.29. The molecule has 4 rings (SSSR count). The molecule has 0 amide bonds. The van der Waals surface area contributed by atoms with E-state index in [0.29, 0.717) is 42.5 Å². The molecule has 1 fully saturated rings. The summed E-state index contributed by atoms with van der Waals surface area (Å²) in [5.74, 6) is -0.180. The predicted molar refractivity (Wildman–Crippen MR) is 111 cm³/mol. The molecular weight excluding hydrogens is 409 g/mol. The molecule has 0 spiro atoms. The first-order chi connectivity index (χ1) is 14.6. The van der Waals surface area contributed by atoms with E-state index < -0.39 is 5.82 Å². The maximum Gasteiger partial charge on any atom is 0.227 e. The van der Waals surface area contributed by atoms with E-state index >= 15 is 0 Å². The van der Waals surface area contributed by atoms with E-state index in [4.69, 9.17) is 21.6 Å². The minimum absolute atomic E-state index is 0.220. The summed E-state index contributed by atoms with van der Waals surface area (Å²) in [6, 6.07) is 7.08. The Hall–Kier alpha value is -3.22. The number of benzene rings is 1. The Morgan fingerprint density at radius 1 is 1.27 bits per heavy atom. The maximum atomic E-state index is 14.7. The van der Waals surface area contributed by atoms with Crippen molar-refractivity contribution in [1.82, 2.24) is 19.7 Å². The summed E-state index contributed by atoms with van der Waals surface area (Å²) < 4.78 is 21.7. The predicted octanol–water partition coefficient (Wildman–Crippen LogP) is 3.63. The molecule has 30 heavy (non-hydrogen) atoms. The zero-order valence-corrected chi connectivity index (χ0v) is 16.8. The number of aromatic nitrogens is 4. The highest BCUT2D eigenvalue weighted by Crippen LogP contribution is 2.28. The van der Waals surface area contributed by atoms with Gasteiger partial charge in [0.2, 0.25) is 5.95 Å². The molecule has 3 aromatic rings. The summed E-state index contributed by atoms with van der Waals surface area (Å²) in [5, 5.41) is 16.2. The fourth-order valence-electron chi connectivity index (χ4n) is 3.15.